The van der Waals surface area contributed by atoms with Crippen LogP contribution >= 0.6 is 10.7 Å². The standard InChI is InChI=1S/C12H16ClNO4S2/c1-10-6-8-14(9-7-10)20(17,18)12-4-2-11(3-5-12)19(13,15)16/h2-5,10H,6-9H2,1H3. The Hall–Kier alpha value is -0.630. The number of rotatable bonds is 3. The summed E-state index contributed by atoms with van der Waals surface area (Å²) in [7, 11) is -2.18. The molecule has 0 saturated carbocycles. The summed E-state index contributed by atoms with van der Waals surface area (Å²) in [6.07, 6.45) is 1.68. The monoisotopic (exact) mass is 337 g/mol. The van der Waals surface area contributed by atoms with Gasteiger partial charge >= 0.3 is 0 Å². The molecule has 0 unspecified atom stereocenters. The third-order valence-electron chi connectivity index (χ3n) is 3.49. The Kier molecular flexibility index (Phi) is 4.44. The summed E-state index contributed by atoms with van der Waals surface area (Å²) in [6, 6.07) is 4.98. The van der Waals surface area contributed by atoms with E-state index in [-0.39, 0.29) is 9.79 Å². The molecular weight excluding hydrogens is 322 g/mol. The zero-order valence-electron chi connectivity index (χ0n) is 11.0. The van der Waals surface area contributed by atoms with Crippen molar-refractivity contribution in [1.29, 1.82) is 0 Å². The molecule has 1 saturated heterocycles. The van der Waals surface area contributed by atoms with Crippen LogP contribution in [0.3, 0.4) is 0 Å². The summed E-state index contributed by atoms with van der Waals surface area (Å²) < 4.78 is 48.5. The minimum absolute atomic E-state index is 0.0936. The van der Waals surface area contributed by atoms with Crippen molar-refractivity contribution in [2.75, 3.05) is 13.1 Å². The van der Waals surface area contributed by atoms with E-state index in [4.69, 9.17) is 10.7 Å². The largest absolute Gasteiger partial charge is 0.261 e. The predicted molar refractivity (Wildman–Crippen MR) is 76.6 cm³/mol. The van der Waals surface area contributed by atoms with Crippen LogP contribution in [-0.2, 0) is 19.1 Å². The normalized spacial score (nSPS) is 19.1. The highest BCUT2D eigenvalue weighted by Crippen LogP contribution is 2.24. The third kappa shape index (κ3) is 3.33. The summed E-state index contributed by atoms with van der Waals surface area (Å²) in [6.45, 7) is 3.10. The van der Waals surface area contributed by atoms with Crippen LogP contribution in [0.15, 0.2) is 34.1 Å². The number of sulfonamides is 1. The van der Waals surface area contributed by atoms with Gasteiger partial charge in [0.05, 0.1) is 9.79 Å². The maximum atomic E-state index is 12.4. The first-order chi connectivity index (χ1) is 9.21. The van der Waals surface area contributed by atoms with Gasteiger partial charge in [-0.25, -0.2) is 16.8 Å². The van der Waals surface area contributed by atoms with Crippen molar-refractivity contribution in [3.05, 3.63) is 24.3 Å². The molecule has 20 heavy (non-hydrogen) atoms. The highest BCUT2D eigenvalue weighted by Gasteiger charge is 2.28. The predicted octanol–water partition coefficient (Wildman–Crippen LogP) is 2.03. The molecule has 0 amide bonds. The second kappa shape index (κ2) is 5.63. The lowest BCUT2D eigenvalue weighted by atomic mass is 10.0. The van der Waals surface area contributed by atoms with Crippen molar-refractivity contribution in [3.63, 3.8) is 0 Å². The van der Waals surface area contributed by atoms with Crippen molar-refractivity contribution in [2.45, 2.75) is 29.6 Å². The molecule has 1 aromatic carbocycles. The van der Waals surface area contributed by atoms with Crippen molar-refractivity contribution >= 4 is 29.8 Å². The van der Waals surface area contributed by atoms with E-state index < -0.39 is 19.1 Å². The number of halogens is 1. The van der Waals surface area contributed by atoms with Gasteiger partial charge in [-0.1, -0.05) is 6.92 Å². The molecule has 0 atom stereocenters. The topological polar surface area (TPSA) is 71.5 Å². The van der Waals surface area contributed by atoms with Crippen molar-refractivity contribution in [2.24, 2.45) is 5.92 Å². The van der Waals surface area contributed by atoms with E-state index in [0.29, 0.717) is 19.0 Å². The maximum absolute atomic E-state index is 12.4. The molecule has 0 aromatic heterocycles. The second-order valence-corrected chi connectivity index (χ2v) is 9.50. The summed E-state index contributed by atoms with van der Waals surface area (Å²) in [4.78, 5) is -0.0125. The Morgan fingerprint density at radius 3 is 1.90 bits per heavy atom. The first kappa shape index (κ1) is 15.8. The van der Waals surface area contributed by atoms with Gasteiger partial charge in [0.1, 0.15) is 0 Å². The summed E-state index contributed by atoms with van der Waals surface area (Å²) >= 11 is 0. The van der Waals surface area contributed by atoms with E-state index in [2.05, 4.69) is 6.92 Å². The number of nitrogens with zero attached hydrogens (tertiary/aromatic N) is 1. The summed E-state index contributed by atoms with van der Waals surface area (Å²) in [5, 5.41) is 0. The zero-order valence-corrected chi connectivity index (χ0v) is 13.4. The number of piperidine rings is 1. The molecule has 8 heteroatoms. The molecule has 0 aliphatic carbocycles. The molecule has 0 spiro atoms. The van der Waals surface area contributed by atoms with Crippen LogP contribution in [0, 0.1) is 5.92 Å². The highest BCUT2D eigenvalue weighted by molar-refractivity contribution is 8.13. The molecular formula is C12H16ClNO4S2. The minimum Gasteiger partial charge on any atom is -0.207 e. The van der Waals surface area contributed by atoms with E-state index in [0.717, 1.165) is 12.8 Å². The van der Waals surface area contributed by atoms with E-state index >= 15 is 0 Å². The van der Waals surface area contributed by atoms with Crippen molar-refractivity contribution in [3.8, 4) is 0 Å². The minimum atomic E-state index is -3.83. The van der Waals surface area contributed by atoms with Gasteiger partial charge in [-0.3, -0.25) is 0 Å². The molecule has 1 heterocycles. The summed E-state index contributed by atoms with van der Waals surface area (Å²) in [5.74, 6) is 0.533. The molecule has 2 rings (SSSR count). The van der Waals surface area contributed by atoms with Gasteiger partial charge in [0.15, 0.2) is 0 Å². The fourth-order valence-corrected chi connectivity index (χ4v) is 4.39. The van der Waals surface area contributed by atoms with Crippen LogP contribution in [0.2, 0.25) is 0 Å². The molecule has 112 valence electrons. The van der Waals surface area contributed by atoms with Crippen LogP contribution in [0.4, 0.5) is 0 Å². The fourth-order valence-electron chi connectivity index (χ4n) is 2.15. The highest BCUT2D eigenvalue weighted by atomic mass is 35.7. The van der Waals surface area contributed by atoms with Gasteiger partial charge in [0.2, 0.25) is 10.0 Å². The average molecular weight is 338 g/mol. The Morgan fingerprint density at radius 1 is 1.00 bits per heavy atom. The number of hydrogen-bond acceptors (Lipinski definition) is 4. The molecule has 0 bridgehead atoms. The van der Waals surface area contributed by atoms with E-state index in [1.165, 1.54) is 28.6 Å². The number of benzene rings is 1. The fraction of sp³-hybridized carbons (Fsp3) is 0.500. The lowest BCUT2D eigenvalue weighted by Crippen LogP contribution is -2.37. The van der Waals surface area contributed by atoms with E-state index in [1.54, 1.807) is 0 Å². The van der Waals surface area contributed by atoms with E-state index in [1.807, 2.05) is 0 Å². The lowest BCUT2D eigenvalue weighted by molar-refractivity contribution is 0.288. The quantitative estimate of drug-likeness (QED) is 0.791. The molecule has 1 aliphatic heterocycles. The molecule has 1 aliphatic rings. The lowest BCUT2D eigenvalue weighted by Gasteiger charge is -2.29. The average Bonchev–Trinajstić information content (AvgIpc) is 2.38. The first-order valence-electron chi connectivity index (χ1n) is 6.26. The Labute approximate surface area is 124 Å². The maximum Gasteiger partial charge on any atom is 0.261 e. The van der Waals surface area contributed by atoms with Crippen LogP contribution < -0.4 is 0 Å². The molecule has 1 fully saturated rings. The number of hydrogen-bond donors (Lipinski definition) is 0. The molecule has 1 aromatic rings. The summed E-state index contributed by atoms with van der Waals surface area (Å²) in [5.41, 5.74) is 0. The Bertz CT molecular complexity index is 675. The molecule has 5 nitrogen and oxygen atoms in total. The SMILES string of the molecule is CC1CCN(S(=O)(=O)c2ccc(S(=O)(=O)Cl)cc2)CC1. The second-order valence-electron chi connectivity index (χ2n) is 5.00. The van der Waals surface area contributed by atoms with Gasteiger partial charge < -0.3 is 0 Å². The van der Waals surface area contributed by atoms with Gasteiger partial charge in [-0.2, -0.15) is 4.31 Å². The smallest absolute Gasteiger partial charge is 0.207 e. The Balaban J connectivity index is 2.26. The first-order valence-corrected chi connectivity index (χ1v) is 10.0. The van der Waals surface area contributed by atoms with Crippen molar-refractivity contribution in [1.82, 2.24) is 4.31 Å². The molecule has 0 radical (unpaired) electrons. The third-order valence-corrected chi connectivity index (χ3v) is 6.77. The van der Waals surface area contributed by atoms with Gasteiger partial charge in [0.25, 0.3) is 9.05 Å². The molecule has 0 N–H and O–H groups in total. The van der Waals surface area contributed by atoms with Crippen LogP contribution in [0.25, 0.3) is 0 Å². The van der Waals surface area contributed by atoms with Crippen LogP contribution in [-0.4, -0.2) is 34.2 Å². The van der Waals surface area contributed by atoms with Crippen LogP contribution in [0.1, 0.15) is 19.8 Å². The van der Waals surface area contributed by atoms with Gasteiger partial charge in [-0.15, -0.1) is 0 Å². The van der Waals surface area contributed by atoms with Crippen molar-refractivity contribution < 1.29 is 16.8 Å². The Morgan fingerprint density at radius 2 is 1.45 bits per heavy atom. The van der Waals surface area contributed by atoms with Crippen LogP contribution in [0.5, 0.6) is 0 Å². The van der Waals surface area contributed by atoms with E-state index in [9.17, 15) is 16.8 Å². The van der Waals surface area contributed by atoms with Gasteiger partial charge in [0, 0.05) is 23.8 Å². The zero-order chi connectivity index (χ0) is 15.0. The van der Waals surface area contributed by atoms with Gasteiger partial charge in [-0.05, 0) is 43.0 Å².